The van der Waals surface area contributed by atoms with Crippen LogP contribution in [0.4, 0.5) is 0 Å². The average molecular weight is 609 g/mol. The molecule has 0 bridgehead atoms. The molecule has 9 aromatic rings. The van der Waals surface area contributed by atoms with Crippen LogP contribution in [0.2, 0.25) is 0 Å². The van der Waals surface area contributed by atoms with Crippen molar-refractivity contribution in [2.24, 2.45) is 0 Å². The summed E-state index contributed by atoms with van der Waals surface area (Å²) in [6.07, 6.45) is 0. The maximum atomic E-state index is 9.18. The first-order valence-electron chi connectivity index (χ1n) is 19.1. The Kier molecular flexibility index (Phi) is 4.74. The van der Waals surface area contributed by atoms with E-state index in [0.29, 0.717) is 34.3 Å². The molecule has 4 heteroatoms. The Bertz CT molecular complexity index is 2890. The van der Waals surface area contributed by atoms with E-state index >= 15 is 0 Å². The van der Waals surface area contributed by atoms with E-state index in [1.807, 2.05) is 121 Å². The molecule has 0 amide bonds. The van der Waals surface area contributed by atoms with Gasteiger partial charge < -0.3 is 4.57 Å². The number of benzene rings is 7. The third-order valence-corrected chi connectivity index (χ3v) is 8.29. The predicted molar refractivity (Wildman–Crippen MR) is 193 cm³/mol. The van der Waals surface area contributed by atoms with Gasteiger partial charge in [-0.15, -0.1) is 0 Å². The summed E-state index contributed by atoms with van der Waals surface area (Å²) >= 11 is 0. The molecule has 47 heavy (non-hydrogen) atoms. The monoisotopic (exact) mass is 608 g/mol. The minimum Gasteiger partial charge on any atom is -0.309 e. The molecule has 2 heterocycles. The van der Waals surface area contributed by atoms with Crippen LogP contribution in [0, 0.1) is 0 Å². The van der Waals surface area contributed by atoms with Gasteiger partial charge in [0.15, 0.2) is 17.5 Å². The summed E-state index contributed by atoms with van der Waals surface area (Å²) in [4.78, 5) is 14.7. The SMILES string of the molecule is [2H]c1c([2H])c([2H])c2c(c1[2H])c1c([2H])c([2H])c([2H])c([2H])c1n2-c1cc(-c2nc(-c3ccccc3)nc(-c3ccccc3)n2)ccc1-c1ccc2ccccc2c1. The summed E-state index contributed by atoms with van der Waals surface area (Å²) in [6, 6.07) is 35.1. The van der Waals surface area contributed by atoms with Crippen molar-refractivity contribution in [2.75, 3.05) is 0 Å². The largest absolute Gasteiger partial charge is 0.309 e. The molecule has 0 radical (unpaired) electrons. The van der Waals surface area contributed by atoms with E-state index < -0.39 is 36.3 Å². The van der Waals surface area contributed by atoms with Crippen molar-refractivity contribution in [3.8, 4) is 51.0 Å². The third-order valence-electron chi connectivity index (χ3n) is 8.29. The second kappa shape index (κ2) is 11.2. The van der Waals surface area contributed by atoms with Crippen molar-refractivity contribution in [1.82, 2.24) is 19.5 Å². The quantitative estimate of drug-likeness (QED) is 0.195. The van der Waals surface area contributed by atoms with E-state index in [-0.39, 0.29) is 33.9 Å². The Balaban J connectivity index is 1.43. The van der Waals surface area contributed by atoms with Gasteiger partial charge in [0.1, 0.15) is 0 Å². The maximum Gasteiger partial charge on any atom is 0.164 e. The number of rotatable bonds is 5. The Hall–Kier alpha value is -6.39. The lowest BCUT2D eigenvalue weighted by Gasteiger charge is -2.17. The minimum atomic E-state index is -0.500. The summed E-state index contributed by atoms with van der Waals surface area (Å²) in [5.41, 5.74) is 4.00. The van der Waals surface area contributed by atoms with Gasteiger partial charge in [0, 0.05) is 33.0 Å². The van der Waals surface area contributed by atoms with Gasteiger partial charge in [-0.05, 0) is 40.6 Å². The molecule has 0 aliphatic carbocycles. The standard InChI is InChI=1S/C43H28N4/c1-3-14-30(15-4-1)41-44-42(31-16-5-2-6-17-31)46-43(45-41)34-25-26-35(33-24-23-29-13-7-8-18-32(29)27-33)40(28-34)47-38-21-11-9-19-36(38)37-20-10-12-22-39(37)47/h1-28H/i9D,10D,11D,12D,19D,20D,21D,22D. The minimum absolute atomic E-state index is 0.000698. The summed E-state index contributed by atoms with van der Waals surface area (Å²) < 4.78 is 72.3. The van der Waals surface area contributed by atoms with Crippen LogP contribution in [-0.4, -0.2) is 19.5 Å². The van der Waals surface area contributed by atoms with E-state index in [2.05, 4.69) is 0 Å². The fourth-order valence-corrected chi connectivity index (χ4v) is 6.06. The maximum absolute atomic E-state index is 9.18. The lowest BCUT2D eigenvalue weighted by molar-refractivity contribution is 1.07. The number of para-hydroxylation sites is 2. The predicted octanol–water partition coefficient (Wildman–Crippen LogP) is 10.8. The highest BCUT2D eigenvalue weighted by Crippen LogP contribution is 2.39. The van der Waals surface area contributed by atoms with Gasteiger partial charge in [0.05, 0.1) is 27.7 Å². The van der Waals surface area contributed by atoms with Crippen molar-refractivity contribution in [1.29, 1.82) is 0 Å². The van der Waals surface area contributed by atoms with Gasteiger partial charge in [0.2, 0.25) is 0 Å². The smallest absolute Gasteiger partial charge is 0.164 e. The zero-order valence-electron chi connectivity index (χ0n) is 32.8. The molecule has 0 atom stereocenters. The molecule has 4 nitrogen and oxygen atoms in total. The number of hydrogen-bond acceptors (Lipinski definition) is 3. The van der Waals surface area contributed by atoms with E-state index in [0.717, 1.165) is 27.5 Å². The van der Waals surface area contributed by atoms with Crippen molar-refractivity contribution in [2.45, 2.75) is 0 Å². The van der Waals surface area contributed by atoms with Gasteiger partial charge in [-0.3, -0.25) is 0 Å². The number of aromatic nitrogens is 4. The fourth-order valence-electron chi connectivity index (χ4n) is 6.06. The molecule has 0 unspecified atom stereocenters. The molecule has 0 spiro atoms. The molecule has 0 saturated heterocycles. The molecule has 9 rings (SSSR count). The molecule has 2 aromatic heterocycles. The Morgan fingerprint density at radius 1 is 0.426 bits per heavy atom. The van der Waals surface area contributed by atoms with Crippen LogP contribution in [-0.2, 0) is 0 Å². The molecule has 0 fully saturated rings. The Morgan fingerprint density at radius 2 is 0.936 bits per heavy atom. The molecule has 220 valence electrons. The van der Waals surface area contributed by atoms with Gasteiger partial charge in [-0.1, -0.05) is 145 Å². The number of nitrogens with zero attached hydrogens (tertiary/aromatic N) is 4. The van der Waals surface area contributed by atoms with Crippen LogP contribution in [0.25, 0.3) is 83.6 Å². The summed E-state index contributed by atoms with van der Waals surface area (Å²) in [7, 11) is 0. The summed E-state index contributed by atoms with van der Waals surface area (Å²) in [5, 5.41) is 2.00. The highest BCUT2D eigenvalue weighted by Gasteiger charge is 2.19. The van der Waals surface area contributed by atoms with Crippen molar-refractivity contribution in [3.05, 3.63) is 170 Å². The average Bonchev–Trinajstić information content (AvgIpc) is 3.60. The highest BCUT2D eigenvalue weighted by atomic mass is 15.0. The first-order chi connectivity index (χ1) is 26.6. The van der Waals surface area contributed by atoms with Crippen molar-refractivity contribution in [3.63, 3.8) is 0 Å². The lowest BCUT2D eigenvalue weighted by atomic mass is 9.98. The van der Waals surface area contributed by atoms with Crippen LogP contribution < -0.4 is 0 Å². The molecular weight excluding hydrogens is 573 g/mol. The van der Waals surface area contributed by atoms with Crippen LogP contribution in [0.1, 0.15) is 11.0 Å². The van der Waals surface area contributed by atoms with Gasteiger partial charge >= 0.3 is 0 Å². The molecule has 0 saturated carbocycles. The Morgan fingerprint density at radius 3 is 1.55 bits per heavy atom. The van der Waals surface area contributed by atoms with Crippen LogP contribution in [0.15, 0.2) is 170 Å². The molecule has 7 aromatic carbocycles. The zero-order valence-corrected chi connectivity index (χ0v) is 24.8. The molecule has 0 N–H and O–H groups in total. The Labute approximate surface area is 283 Å². The van der Waals surface area contributed by atoms with Crippen molar-refractivity contribution >= 4 is 32.6 Å². The first-order valence-corrected chi connectivity index (χ1v) is 15.1. The topological polar surface area (TPSA) is 43.6 Å². The fraction of sp³-hybridized carbons (Fsp3) is 0. The second-order valence-electron chi connectivity index (χ2n) is 11.1. The van der Waals surface area contributed by atoms with Gasteiger partial charge in [-0.2, -0.15) is 0 Å². The zero-order chi connectivity index (χ0) is 38.1. The number of fused-ring (bicyclic) bond motifs is 4. The van der Waals surface area contributed by atoms with Crippen LogP contribution >= 0.6 is 0 Å². The molecule has 0 aliphatic rings. The van der Waals surface area contributed by atoms with Crippen LogP contribution in [0.3, 0.4) is 0 Å². The van der Waals surface area contributed by atoms with E-state index in [4.69, 9.17) is 23.2 Å². The third kappa shape index (κ3) is 4.75. The normalized spacial score (nSPS) is 13.8. The van der Waals surface area contributed by atoms with Gasteiger partial charge in [-0.25, -0.2) is 15.0 Å². The highest BCUT2D eigenvalue weighted by molar-refractivity contribution is 6.10. The summed E-state index contributed by atoms with van der Waals surface area (Å²) in [5.74, 6) is 1.23. The molecule has 0 aliphatic heterocycles. The molecular formula is C43H28N4. The lowest BCUT2D eigenvalue weighted by Crippen LogP contribution is -2.02. The van der Waals surface area contributed by atoms with E-state index in [1.165, 1.54) is 0 Å². The van der Waals surface area contributed by atoms with E-state index in [1.54, 1.807) is 4.57 Å². The van der Waals surface area contributed by atoms with Crippen LogP contribution in [0.5, 0.6) is 0 Å². The summed E-state index contributed by atoms with van der Waals surface area (Å²) in [6.45, 7) is 0. The number of hydrogen-bond donors (Lipinski definition) is 0. The van der Waals surface area contributed by atoms with E-state index in [9.17, 15) is 2.74 Å². The van der Waals surface area contributed by atoms with Gasteiger partial charge in [0.25, 0.3) is 0 Å². The van der Waals surface area contributed by atoms with Crippen molar-refractivity contribution < 1.29 is 11.0 Å². The first kappa shape index (κ1) is 19.9. The second-order valence-corrected chi connectivity index (χ2v) is 11.1.